The van der Waals surface area contributed by atoms with Crippen molar-refractivity contribution >= 4 is 0 Å². The van der Waals surface area contributed by atoms with Crippen molar-refractivity contribution in [1.29, 1.82) is 0 Å². The number of hydrogen-bond donors (Lipinski definition) is 1. The second kappa shape index (κ2) is 5.56. The molecule has 0 aliphatic rings. The fourth-order valence-corrected chi connectivity index (χ4v) is 1.22. The molecule has 0 aromatic carbocycles. The number of nitrogens with zero attached hydrogens (tertiary/aromatic N) is 1. The van der Waals surface area contributed by atoms with E-state index >= 15 is 0 Å². The summed E-state index contributed by atoms with van der Waals surface area (Å²) >= 11 is 0. The van der Waals surface area contributed by atoms with Gasteiger partial charge in [-0.05, 0) is 19.4 Å². The molecule has 1 unspecified atom stereocenters. The zero-order valence-corrected chi connectivity index (χ0v) is 8.17. The third-order valence-electron chi connectivity index (χ3n) is 1.59. The second-order valence-corrected chi connectivity index (χ2v) is 3.60. The van der Waals surface area contributed by atoms with Crippen molar-refractivity contribution in [2.24, 2.45) is 5.92 Å². The Labute approximate surface area is 70.2 Å². The Morgan fingerprint density at radius 1 is 1.18 bits per heavy atom. The molecule has 0 fully saturated rings. The van der Waals surface area contributed by atoms with Crippen LogP contribution in [-0.4, -0.2) is 35.7 Å². The third kappa shape index (κ3) is 6.32. The SMILES string of the molecule is CCN(CC(C)C)CC(C)O. The lowest BCUT2D eigenvalue weighted by Gasteiger charge is -2.23. The third-order valence-corrected chi connectivity index (χ3v) is 1.59. The van der Waals surface area contributed by atoms with E-state index in [1.807, 2.05) is 6.92 Å². The van der Waals surface area contributed by atoms with Crippen LogP contribution in [0.5, 0.6) is 0 Å². The molecule has 0 saturated carbocycles. The molecule has 0 heterocycles. The Hall–Kier alpha value is -0.0800. The predicted molar refractivity (Wildman–Crippen MR) is 48.6 cm³/mol. The zero-order valence-electron chi connectivity index (χ0n) is 8.17. The van der Waals surface area contributed by atoms with Crippen LogP contribution in [0, 0.1) is 5.92 Å². The van der Waals surface area contributed by atoms with Crippen molar-refractivity contribution < 1.29 is 5.11 Å². The van der Waals surface area contributed by atoms with Gasteiger partial charge in [-0.1, -0.05) is 20.8 Å². The Morgan fingerprint density at radius 3 is 2.00 bits per heavy atom. The summed E-state index contributed by atoms with van der Waals surface area (Å²) in [6.45, 7) is 11.3. The molecule has 0 bridgehead atoms. The minimum absolute atomic E-state index is 0.200. The van der Waals surface area contributed by atoms with Gasteiger partial charge in [-0.2, -0.15) is 0 Å². The maximum Gasteiger partial charge on any atom is 0.0639 e. The summed E-state index contributed by atoms with van der Waals surface area (Å²) < 4.78 is 0. The molecular formula is C9H21NO. The summed E-state index contributed by atoms with van der Waals surface area (Å²) in [5.74, 6) is 0.689. The molecule has 0 amide bonds. The van der Waals surface area contributed by atoms with Crippen LogP contribution in [-0.2, 0) is 0 Å². The number of likely N-dealkylation sites (N-methyl/N-ethyl adjacent to an activating group) is 1. The van der Waals surface area contributed by atoms with E-state index in [9.17, 15) is 0 Å². The van der Waals surface area contributed by atoms with Crippen molar-refractivity contribution in [1.82, 2.24) is 4.90 Å². The normalized spacial score (nSPS) is 14.5. The summed E-state index contributed by atoms with van der Waals surface area (Å²) in [5, 5.41) is 9.13. The monoisotopic (exact) mass is 159 g/mol. The molecule has 1 N–H and O–H groups in total. The van der Waals surface area contributed by atoms with E-state index in [2.05, 4.69) is 25.7 Å². The Balaban J connectivity index is 3.58. The van der Waals surface area contributed by atoms with Crippen LogP contribution in [0.15, 0.2) is 0 Å². The highest BCUT2D eigenvalue weighted by Gasteiger charge is 2.06. The van der Waals surface area contributed by atoms with Crippen molar-refractivity contribution in [2.45, 2.75) is 33.8 Å². The molecule has 0 aliphatic heterocycles. The molecule has 2 nitrogen and oxygen atoms in total. The van der Waals surface area contributed by atoms with Gasteiger partial charge in [0.1, 0.15) is 0 Å². The van der Waals surface area contributed by atoms with Crippen LogP contribution in [0.4, 0.5) is 0 Å². The topological polar surface area (TPSA) is 23.5 Å². The van der Waals surface area contributed by atoms with Crippen molar-refractivity contribution in [3.8, 4) is 0 Å². The van der Waals surface area contributed by atoms with E-state index in [1.165, 1.54) is 0 Å². The molecule has 0 radical (unpaired) electrons. The number of hydrogen-bond acceptors (Lipinski definition) is 2. The Bertz CT molecular complexity index is 81.6. The van der Waals surface area contributed by atoms with Crippen LogP contribution in [0.2, 0.25) is 0 Å². The van der Waals surface area contributed by atoms with Gasteiger partial charge in [0.05, 0.1) is 6.10 Å². The van der Waals surface area contributed by atoms with Gasteiger partial charge in [0.2, 0.25) is 0 Å². The lowest BCUT2D eigenvalue weighted by molar-refractivity contribution is 0.122. The van der Waals surface area contributed by atoms with Crippen LogP contribution in [0.25, 0.3) is 0 Å². The molecule has 0 rings (SSSR count). The van der Waals surface area contributed by atoms with Crippen LogP contribution in [0.1, 0.15) is 27.7 Å². The minimum Gasteiger partial charge on any atom is -0.392 e. The van der Waals surface area contributed by atoms with Gasteiger partial charge in [-0.3, -0.25) is 0 Å². The van der Waals surface area contributed by atoms with Crippen molar-refractivity contribution in [3.05, 3.63) is 0 Å². The largest absolute Gasteiger partial charge is 0.392 e. The minimum atomic E-state index is -0.200. The molecule has 0 saturated heterocycles. The average Bonchev–Trinajstić information content (AvgIpc) is 1.84. The molecule has 0 aromatic rings. The molecule has 0 spiro atoms. The van der Waals surface area contributed by atoms with E-state index < -0.39 is 0 Å². The fraction of sp³-hybridized carbons (Fsp3) is 1.00. The van der Waals surface area contributed by atoms with E-state index in [1.54, 1.807) is 0 Å². The highest BCUT2D eigenvalue weighted by atomic mass is 16.3. The average molecular weight is 159 g/mol. The first-order valence-corrected chi connectivity index (χ1v) is 4.46. The predicted octanol–water partition coefficient (Wildman–Crippen LogP) is 1.35. The number of aliphatic hydroxyl groups is 1. The summed E-state index contributed by atoms with van der Waals surface area (Å²) in [6.07, 6.45) is -0.200. The van der Waals surface area contributed by atoms with E-state index in [-0.39, 0.29) is 6.10 Å². The lowest BCUT2D eigenvalue weighted by atomic mass is 10.2. The first kappa shape index (κ1) is 10.9. The van der Waals surface area contributed by atoms with Gasteiger partial charge in [0, 0.05) is 13.1 Å². The van der Waals surface area contributed by atoms with Crippen LogP contribution in [0.3, 0.4) is 0 Å². The first-order chi connectivity index (χ1) is 5.06. The van der Waals surface area contributed by atoms with Crippen molar-refractivity contribution in [2.75, 3.05) is 19.6 Å². The first-order valence-electron chi connectivity index (χ1n) is 4.46. The lowest BCUT2D eigenvalue weighted by Crippen LogP contribution is -2.33. The summed E-state index contributed by atoms with van der Waals surface area (Å²) in [6, 6.07) is 0. The molecule has 68 valence electrons. The number of rotatable bonds is 5. The van der Waals surface area contributed by atoms with Gasteiger partial charge in [-0.15, -0.1) is 0 Å². The summed E-state index contributed by atoms with van der Waals surface area (Å²) in [5.41, 5.74) is 0. The zero-order chi connectivity index (χ0) is 8.85. The Kier molecular flexibility index (Phi) is 5.51. The standard InChI is InChI=1S/C9H21NO/c1-5-10(6-8(2)3)7-9(4)11/h8-9,11H,5-7H2,1-4H3. The maximum absolute atomic E-state index is 9.13. The van der Waals surface area contributed by atoms with Crippen LogP contribution < -0.4 is 0 Å². The summed E-state index contributed by atoms with van der Waals surface area (Å²) in [7, 11) is 0. The highest BCUT2D eigenvalue weighted by molar-refractivity contribution is 4.60. The highest BCUT2D eigenvalue weighted by Crippen LogP contribution is 1.99. The fourth-order valence-electron chi connectivity index (χ4n) is 1.22. The molecule has 0 aliphatic carbocycles. The van der Waals surface area contributed by atoms with Gasteiger partial charge in [0.15, 0.2) is 0 Å². The van der Waals surface area contributed by atoms with Crippen molar-refractivity contribution in [3.63, 3.8) is 0 Å². The molecule has 2 heteroatoms. The molecule has 0 aromatic heterocycles. The van der Waals surface area contributed by atoms with Gasteiger partial charge < -0.3 is 10.0 Å². The smallest absolute Gasteiger partial charge is 0.0639 e. The number of aliphatic hydroxyl groups excluding tert-OH is 1. The quantitative estimate of drug-likeness (QED) is 0.654. The van der Waals surface area contributed by atoms with E-state index in [4.69, 9.17) is 5.11 Å². The molecule has 11 heavy (non-hydrogen) atoms. The van der Waals surface area contributed by atoms with Gasteiger partial charge in [0.25, 0.3) is 0 Å². The molecular weight excluding hydrogens is 138 g/mol. The molecule has 1 atom stereocenters. The van der Waals surface area contributed by atoms with Gasteiger partial charge in [-0.25, -0.2) is 0 Å². The van der Waals surface area contributed by atoms with E-state index in [0.29, 0.717) is 5.92 Å². The maximum atomic E-state index is 9.13. The Morgan fingerprint density at radius 2 is 1.73 bits per heavy atom. The summed E-state index contributed by atoms with van der Waals surface area (Å²) in [4.78, 5) is 2.27. The van der Waals surface area contributed by atoms with E-state index in [0.717, 1.165) is 19.6 Å². The van der Waals surface area contributed by atoms with Crippen LogP contribution >= 0.6 is 0 Å². The van der Waals surface area contributed by atoms with Gasteiger partial charge >= 0.3 is 0 Å². The second-order valence-electron chi connectivity index (χ2n) is 3.60.